The van der Waals surface area contributed by atoms with Crippen molar-refractivity contribution < 1.29 is 0 Å². The first-order chi connectivity index (χ1) is 11.5. The Morgan fingerprint density at radius 2 is 1.88 bits per heavy atom. The lowest BCUT2D eigenvalue weighted by Gasteiger charge is -2.25. The molecule has 0 spiro atoms. The van der Waals surface area contributed by atoms with Crippen molar-refractivity contribution in [2.24, 2.45) is 0 Å². The Hall–Kier alpha value is -2.14. The molecule has 0 N–H and O–H groups in total. The number of aryl methyl sites for hydroxylation is 1. The molecular weight excluding hydrogens is 298 g/mol. The van der Waals surface area contributed by atoms with E-state index in [2.05, 4.69) is 58.0 Å². The lowest BCUT2D eigenvalue weighted by atomic mass is 10.1. The predicted octanol–water partition coefficient (Wildman–Crippen LogP) is 2.56. The summed E-state index contributed by atoms with van der Waals surface area (Å²) < 4.78 is 0. The summed E-state index contributed by atoms with van der Waals surface area (Å²) in [6.45, 7) is 5.33. The normalized spacial score (nSPS) is 17.9. The maximum atomic E-state index is 4.66. The fourth-order valence-electron chi connectivity index (χ4n) is 3.15. The Morgan fingerprint density at radius 3 is 2.58 bits per heavy atom. The number of likely N-dealkylation sites (tertiary alicyclic amines) is 1. The number of nitrogens with zero attached hydrogens (tertiary/aromatic N) is 5. The van der Waals surface area contributed by atoms with Gasteiger partial charge in [0.1, 0.15) is 5.82 Å². The minimum Gasteiger partial charge on any atom is -0.363 e. The quantitative estimate of drug-likeness (QED) is 0.844. The van der Waals surface area contributed by atoms with Gasteiger partial charge < -0.3 is 9.80 Å². The molecule has 1 aromatic heterocycles. The van der Waals surface area contributed by atoms with Crippen LogP contribution in [-0.2, 0) is 6.54 Å². The van der Waals surface area contributed by atoms with Crippen LogP contribution in [0.4, 0.5) is 11.8 Å². The maximum absolute atomic E-state index is 4.66. The molecule has 1 fully saturated rings. The van der Waals surface area contributed by atoms with Crippen LogP contribution in [0.3, 0.4) is 0 Å². The number of hydrogen-bond donors (Lipinski definition) is 0. The highest BCUT2D eigenvalue weighted by Gasteiger charge is 2.27. The Labute approximate surface area is 144 Å². The van der Waals surface area contributed by atoms with Gasteiger partial charge in [-0.1, -0.05) is 29.8 Å². The molecule has 1 saturated heterocycles. The third kappa shape index (κ3) is 3.85. The molecule has 1 atom stereocenters. The lowest BCUT2D eigenvalue weighted by molar-refractivity contribution is 0.325. The molecule has 1 aliphatic rings. The van der Waals surface area contributed by atoms with Gasteiger partial charge >= 0.3 is 0 Å². The molecule has 1 unspecified atom stereocenters. The molecule has 1 aliphatic heterocycles. The van der Waals surface area contributed by atoms with E-state index in [1.807, 2.05) is 31.3 Å². The van der Waals surface area contributed by atoms with E-state index in [4.69, 9.17) is 0 Å². The van der Waals surface area contributed by atoms with Crippen LogP contribution in [0.2, 0.25) is 0 Å². The predicted molar refractivity (Wildman–Crippen MR) is 99.6 cm³/mol. The molecule has 0 saturated carbocycles. The molecule has 2 aromatic rings. The molecular formula is C19H27N5. The van der Waals surface area contributed by atoms with Gasteiger partial charge in [-0.25, -0.2) is 4.98 Å². The smallest absolute Gasteiger partial charge is 0.227 e. The van der Waals surface area contributed by atoms with Crippen LogP contribution in [0.25, 0.3) is 0 Å². The van der Waals surface area contributed by atoms with Crippen LogP contribution >= 0.6 is 0 Å². The van der Waals surface area contributed by atoms with Gasteiger partial charge in [-0.05, 0) is 25.0 Å². The SMILES string of the molecule is Cc1ccc(CN2CCC(N(C)c3nccc(N(C)C)n3)C2)cc1. The second-order valence-electron chi connectivity index (χ2n) is 6.88. The van der Waals surface area contributed by atoms with Crippen LogP contribution in [-0.4, -0.2) is 55.1 Å². The summed E-state index contributed by atoms with van der Waals surface area (Å²) in [5.74, 6) is 1.75. The molecule has 5 nitrogen and oxygen atoms in total. The second kappa shape index (κ2) is 7.18. The van der Waals surface area contributed by atoms with Crippen LogP contribution in [0, 0.1) is 6.92 Å². The van der Waals surface area contributed by atoms with Crippen molar-refractivity contribution in [3.05, 3.63) is 47.7 Å². The molecule has 0 amide bonds. The fraction of sp³-hybridized carbons (Fsp3) is 0.474. The third-order valence-corrected chi connectivity index (χ3v) is 4.72. The van der Waals surface area contributed by atoms with Gasteiger partial charge in [-0.3, -0.25) is 4.90 Å². The van der Waals surface area contributed by atoms with Crippen LogP contribution in [0.15, 0.2) is 36.5 Å². The van der Waals surface area contributed by atoms with E-state index < -0.39 is 0 Å². The van der Waals surface area contributed by atoms with E-state index in [0.29, 0.717) is 6.04 Å². The Morgan fingerprint density at radius 1 is 1.12 bits per heavy atom. The van der Waals surface area contributed by atoms with E-state index in [9.17, 15) is 0 Å². The zero-order valence-electron chi connectivity index (χ0n) is 15.1. The molecule has 0 bridgehead atoms. The number of aromatic nitrogens is 2. The lowest BCUT2D eigenvalue weighted by Crippen LogP contribution is -2.35. The topological polar surface area (TPSA) is 35.5 Å². The van der Waals surface area contributed by atoms with Crippen molar-refractivity contribution in [2.45, 2.75) is 25.9 Å². The van der Waals surface area contributed by atoms with E-state index in [1.54, 1.807) is 0 Å². The van der Waals surface area contributed by atoms with Crippen molar-refractivity contribution in [1.82, 2.24) is 14.9 Å². The zero-order valence-corrected chi connectivity index (χ0v) is 15.1. The Bertz CT molecular complexity index is 668. The Balaban J connectivity index is 1.62. The molecule has 128 valence electrons. The van der Waals surface area contributed by atoms with Crippen LogP contribution in [0.1, 0.15) is 17.5 Å². The highest BCUT2D eigenvalue weighted by molar-refractivity contribution is 5.42. The first-order valence-electron chi connectivity index (χ1n) is 8.54. The third-order valence-electron chi connectivity index (χ3n) is 4.72. The summed E-state index contributed by atoms with van der Waals surface area (Å²) in [6.07, 6.45) is 2.99. The van der Waals surface area contributed by atoms with Gasteiger partial charge in [0, 0.05) is 53.0 Å². The van der Waals surface area contributed by atoms with Crippen molar-refractivity contribution in [3.8, 4) is 0 Å². The summed E-state index contributed by atoms with van der Waals surface area (Å²) in [6, 6.07) is 11.3. The number of anilines is 2. The van der Waals surface area contributed by atoms with Crippen LogP contribution in [0.5, 0.6) is 0 Å². The highest BCUT2D eigenvalue weighted by Crippen LogP contribution is 2.21. The van der Waals surface area contributed by atoms with Gasteiger partial charge in [0.05, 0.1) is 0 Å². The van der Waals surface area contributed by atoms with E-state index in [0.717, 1.165) is 37.8 Å². The standard InChI is InChI=1S/C19H27N5/c1-15-5-7-16(8-6-15)13-24-12-10-17(14-24)23(4)19-20-11-9-18(21-19)22(2)3/h5-9,11,17H,10,12-14H2,1-4H3. The molecule has 1 aromatic carbocycles. The van der Waals surface area contributed by atoms with E-state index >= 15 is 0 Å². The fourth-order valence-corrected chi connectivity index (χ4v) is 3.15. The van der Waals surface area contributed by atoms with Crippen molar-refractivity contribution >= 4 is 11.8 Å². The van der Waals surface area contributed by atoms with Crippen molar-refractivity contribution in [3.63, 3.8) is 0 Å². The van der Waals surface area contributed by atoms with Gasteiger partial charge in [0.25, 0.3) is 0 Å². The monoisotopic (exact) mass is 325 g/mol. The molecule has 0 radical (unpaired) electrons. The summed E-state index contributed by atoms with van der Waals surface area (Å²) >= 11 is 0. The number of likely N-dealkylation sites (N-methyl/N-ethyl adjacent to an activating group) is 1. The summed E-state index contributed by atoms with van der Waals surface area (Å²) in [5, 5.41) is 0. The number of benzene rings is 1. The van der Waals surface area contributed by atoms with E-state index in [-0.39, 0.29) is 0 Å². The number of rotatable bonds is 5. The average molecular weight is 325 g/mol. The minimum absolute atomic E-state index is 0.466. The molecule has 2 heterocycles. The first kappa shape index (κ1) is 16.7. The average Bonchev–Trinajstić information content (AvgIpc) is 3.05. The van der Waals surface area contributed by atoms with E-state index in [1.165, 1.54) is 11.1 Å². The van der Waals surface area contributed by atoms with Crippen molar-refractivity contribution in [1.29, 1.82) is 0 Å². The molecule has 24 heavy (non-hydrogen) atoms. The largest absolute Gasteiger partial charge is 0.363 e. The van der Waals surface area contributed by atoms with Crippen LogP contribution < -0.4 is 9.80 Å². The molecule has 0 aliphatic carbocycles. The zero-order chi connectivity index (χ0) is 17.1. The summed E-state index contributed by atoms with van der Waals surface area (Å²) in [4.78, 5) is 15.9. The minimum atomic E-state index is 0.466. The number of hydrogen-bond acceptors (Lipinski definition) is 5. The Kier molecular flexibility index (Phi) is 5.00. The van der Waals surface area contributed by atoms with Crippen molar-refractivity contribution in [2.75, 3.05) is 44.0 Å². The first-order valence-corrected chi connectivity index (χ1v) is 8.54. The summed E-state index contributed by atoms with van der Waals surface area (Å²) in [7, 11) is 6.12. The van der Waals surface area contributed by atoms with Gasteiger partial charge in [0.15, 0.2) is 0 Å². The second-order valence-corrected chi connectivity index (χ2v) is 6.88. The van der Waals surface area contributed by atoms with Gasteiger partial charge in [-0.15, -0.1) is 0 Å². The maximum Gasteiger partial charge on any atom is 0.227 e. The summed E-state index contributed by atoms with van der Waals surface area (Å²) in [5.41, 5.74) is 2.70. The van der Waals surface area contributed by atoms with Gasteiger partial charge in [0.2, 0.25) is 5.95 Å². The molecule has 5 heteroatoms. The molecule has 3 rings (SSSR count). The highest BCUT2D eigenvalue weighted by atomic mass is 15.3. The van der Waals surface area contributed by atoms with Gasteiger partial charge in [-0.2, -0.15) is 4.98 Å².